The number of pyridine rings is 1. The summed E-state index contributed by atoms with van der Waals surface area (Å²) in [5, 5.41) is 13.3. The summed E-state index contributed by atoms with van der Waals surface area (Å²) < 4.78 is 70.8. The van der Waals surface area contributed by atoms with Crippen LogP contribution >= 0.6 is 0 Å². The molecule has 0 aliphatic heterocycles. The van der Waals surface area contributed by atoms with Gasteiger partial charge in [0.1, 0.15) is 12.5 Å². The van der Waals surface area contributed by atoms with Gasteiger partial charge < -0.3 is 20.5 Å². The summed E-state index contributed by atoms with van der Waals surface area (Å²) >= 11 is 0. The van der Waals surface area contributed by atoms with E-state index < -0.39 is 24.9 Å². The minimum atomic E-state index is -5.19. The molecule has 0 saturated heterocycles. The van der Waals surface area contributed by atoms with Gasteiger partial charge in [0.15, 0.2) is 12.1 Å². The molecule has 198 valence electrons. The van der Waals surface area contributed by atoms with Crippen molar-refractivity contribution in [3.8, 4) is 0 Å². The molecule has 4 saturated carbocycles. The fourth-order valence-corrected chi connectivity index (χ4v) is 6.42. The van der Waals surface area contributed by atoms with Gasteiger partial charge in [-0.15, -0.1) is 0 Å². The predicted molar refractivity (Wildman–Crippen MR) is 110 cm³/mol. The van der Waals surface area contributed by atoms with Crippen LogP contribution in [0.2, 0.25) is 0 Å². The number of aromatic nitrogens is 2. The lowest BCUT2D eigenvalue weighted by Gasteiger charge is -2.56. The first-order valence-electron chi connectivity index (χ1n) is 11.7. The number of quaternary nitrogens is 1. The molecule has 1 amide bonds. The minimum Gasteiger partial charge on any atom is -0.542 e. The summed E-state index contributed by atoms with van der Waals surface area (Å²) in [5.74, 6) is -0.596. The zero-order chi connectivity index (χ0) is 26.3. The first kappa shape index (κ1) is 26.2. The van der Waals surface area contributed by atoms with Crippen LogP contribution < -0.4 is 20.1 Å². The number of fused-ring (bicyclic) bond motifs is 1. The van der Waals surface area contributed by atoms with Crippen molar-refractivity contribution in [2.45, 2.75) is 63.0 Å². The third-order valence-electron chi connectivity index (χ3n) is 7.27. The number of hydrogen-bond donors (Lipinski definition) is 3. The molecule has 4 fully saturated rings. The molecule has 36 heavy (non-hydrogen) atoms. The summed E-state index contributed by atoms with van der Waals surface area (Å²) in [5.41, 5.74) is 1.26. The fourth-order valence-electron chi connectivity index (χ4n) is 6.42. The minimum absolute atomic E-state index is 0.110. The van der Waals surface area contributed by atoms with E-state index >= 15 is 0 Å². The Kier molecular flexibility index (Phi) is 6.97. The van der Waals surface area contributed by atoms with E-state index in [4.69, 9.17) is 9.90 Å². The molecule has 6 rings (SSSR count). The smallest absolute Gasteiger partial charge is 0.438 e. The Morgan fingerprint density at radius 1 is 1.06 bits per heavy atom. The van der Waals surface area contributed by atoms with Crippen LogP contribution in [0.1, 0.15) is 54.8 Å². The normalized spacial score (nSPS) is 27.0. The molecule has 13 heteroatoms. The molecule has 0 atom stereocenters. The van der Waals surface area contributed by atoms with E-state index in [9.17, 15) is 31.1 Å². The average molecular weight is 521 g/mol. The van der Waals surface area contributed by atoms with Crippen LogP contribution in [0.4, 0.5) is 26.3 Å². The van der Waals surface area contributed by atoms with Gasteiger partial charge in [-0.2, -0.15) is 30.7 Å². The number of aliphatic carboxylic acids is 1. The topological polar surface area (TPSA) is 106 Å². The van der Waals surface area contributed by atoms with Crippen LogP contribution in [0.3, 0.4) is 0 Å². The quantitative estimate of drug-likeness (QED) is 0.409. The van der Waals surface area contributed by atoms with Crippen molar-refractivity contribution in [1.82, 2.24) is 10.3 Å². The van der Waals surface area contributed by atoms with Crippen LogP contribution in [0, 0.1) is 17.8 Å². The van der Waals surface area contributed by atoms with Crippen molar-refractivity contribution in [2.75, 3.05) is 6.54 Å². The number of imidazole rings is 1. The number of alkyl halides is 6. The molecule has 4 bridgehead atoms. The standard InChI is InChI=1S/C21H25F3N4O.C2HF3O2/c22-21(23,24)12-25-11-16-17-3-1-2-4-28(17)18(26-16)19(29)27-20-8-13-5-14(9-20)7-15(6-13)10-20;3-2(4,5)1(6)7/h1-4,13-15,25H,5-12H2,(H,27,29);(H,6,7)/p+1. The molecule has 2 aromatic heterocycles. The summed E-state index contributed by atoms with van der Waals surface area (Å²) in [6.45, 7) is -0.808. The molecular weight excluding hydrogens is 494 g/mol. The first-order chi connectivity index (χ1) is 16.7. The van der Waals surface area contributed by atoms with E-state index in [1.54, 1.807) is 10.6 Å². The van der Waals surface area contributed by atoms with Gasteiger partial charge in [0.2, 0.25) is 5.69 Å². The number of hydrogen-bond acceptors (Lipinski definition) is 3. The molecule has 7 nitrogen and oxygen atoms in total. The van der Waals surface area contributed by atoms with Crippen LogP contribution in [-0.2, 0) is 11.3 Å². The largest absolute Gasteiger partial charge is 0.542 e. The Morgan fingerprint density at radius 3 is 2.11 bits per heavy atom. The van der Waals surface area contributed by atoms with Crippen molar-refractivity contribution in [3.63, 3.8) is 0 Å². The van der Waals surface area contributed by atoms with Crippen LogP contribution in [0.15, 0.2) is 24.4 Å². The lowest BCUT2D eigenvalue weighted by Crippen LogP contribution is -2.85. The van der Waals surface area contributed by atoms with Crippen LogP contribution in [0.25, 0.3) is 5.52 Å². The molecule has 0 spiro atoms. The highest BCUT2D eigenvalue weighted by Crippen LogP contribution is 2.55. The van der Waals surface area contributed by atoms with Gasteiger partial charge in [0, 0.05) is 5.54 Å². The maximum absolute atomic E-state index is 13.2. The lowest BCUT2D eigenvalue weighted by atomic mass is 9.53. The number of rotatable bonds is 5. The summed E-state index contributed by atoms with van der Waals surface area (Å²) in [7, 11) is 0. The molecule has 4 N–H and O–H groups in total. The van der Waals surface area contributed by atoms with Gasteiger partial charge in [-0.25, -0.2) is 4.98 Å². The highest BCUT2D eigenvalue weighted by molar-refractivity contribution is 5.90. The highest BCUT2D eigenvalue weighted by atomic mass is 19.4. The third kappa shape index (κ3) is 5.93. The molecule has 4 aliphatic rings. The molecule has 0 radical (unpaired) electrons. The Balaban J connectivity index is 0.000000384. The third-order valence-corrected chi connectivity index (χ3v) is 7.27. The zero-order valence-electron chi connectivity index (χ0n) is 19.2. The van der Waals surface area contributed by atoms with Gasteiger partial charge in [-0.05, 0) is 68.4 Å². The summed E-state index contributed by atoms with van der Waals surface area (Å²) in [4.78, 5) is 25.1. The Morgan fingerprint density at radius 2 is 1.61 bits per heavy atom. The van der Waals surface area contributed by atoms with E-state index in [-0.39, 0.29) is 18.0 Å². The molecule has 0 aromatic carbocycles. The Labute approximate surface area is 202 Å². The van der Waals surface area contributed by atoms with Gasteiger partial charge in [0.25, 0.3) is 0 Å². The highest BCUT2D eigenvalue weighted by Gasteiger charge is 2.52. The number of carboxylic acids is 1. The molecular formula is C23H27F6N4O3+. The van der Waals surface area contributed by atoms with Crippen molar-refractivity contribution in [1.29, 1.82) is 0 Å². The van der Waals surface area contributed by atoms with Crippen molar-refractivity contribution in [3.05, 3.63) is 35.9 Å². The predicted octanol–water partition coefficient (Wildman–Crippen LogP) is 1.38. The monoisotopic (exact) mass is 521 g/mol. The molecule has 0 unspecified atom stereocenters. The van der Waals surface area contributed by atoms with Crippen molar-refractivity contribution >= 4 is 17.4 Å². The second kappa shape index (κ2) is 9.56. The number of nitrogens with zero attached hydrogens (tertiary/aromatic N) is 1. The second-order valence-corrected chi connectivity index (χ2v) is 10.2. The van der Waals surface area contributed by atoms with Gasteiger partial charge >= 0.3 is 24.1 Å². The van der Waals surface area contributed by atoms with Crippen LogP contribution in [-0.4, -0.2) is 41.3 Å². The van der Waals surface area contributed by atoms with E-state index in [1.807, 2.05) is 18.2 Å². The summed E-state index contributed by atoms with van der Waals surface area (Å²) in [6, 6.07) is 5.48. The second-order valence-electron chi connectivity index (χ2n) is 10.2. The number of carbonyl (C=O) groups is 2. The molecule has 4 aliphatic carbocycles. The molecule has 2 aromatic rings. The number of halogens is 6. The Bertz CT molecular complexity index is 1090. The van der Waals surface area contributed by atoms with Gasteiger partial charge in [0.05, 0.1) is 6.20 Å². The number of H-pyrrole nitrogens is 1. The number of nitrogens with two attached hydrogens (primary N) is 1. The SMILES string of the molecule is O=C(NC12CC3CC(CC(C3)C1)C2)c1[nH]c(C[NH2+]CC(F)(F)F)c2cccc[n+]12.O=C([O-])C(F)(F)F. The van der Waals surface area contributed by atoms with Gasteiger partial charge in [-0.3, -0.25) is 4.79 Å². The van der Waals surface area contributed by atoms with E-state index in [1.165, 1.54) is 24.6 Å². The number of nitrogens with one attached hydrogen (secondary N) is 2. The Hall–Kier alpha value is -2.83. The van der Waals surface area contributed by atoms with Crippen LogP contribution in [0.5, 0.6) is 0 Å². The van der Waals surface area contributed by atoms with Crippen molar-refractivity contribution < 1.29 is 50.8 Å². The van der Waals surface area contributed by atoms with Gasteiger partial charge in [-0.1, -0.05) is 6.07 Å². The lowest BCUT2D eigenvalue weighted by molar-refractivity contribution is -0.691. The number of amides is 1. The number of aromatic amines is 1. The average Bonchev–Trinajstić information content (AvgIpc) is 3.10. The molecule has 2 heterocycles. The first-order valence-corrected chi connectivity index (χ1v) is 11.7. The van der Waals surface area contributed by atoms with E-state index in [0.29, 0.717) is 11.5 Å². The number of carboxylic acid groups (broad SMARTS) is 1. The fraction of sp³-hybridized carbons (Fsp3) is 0.609. The van der Waals surface area contributed by atoms with E-state index in [0.717, 1.165) is 42.5 Å². The maximum atomic E-state index is 13.2. The summed E-state index contributed by atoms with van der Waals surface area (Å²) in [6.07, 6.45) is -0.555. The zero-order valence-corrected chi connectivity index (χ0v) is 19.2. The van der Waals surface area contributed by atoms with E-state index in [2.05, 4.69) is 10.3 Å². The number of carbonyl (C=O) groups excluding carboxylic acids is 2. The maximum Gasteiger partial charge on any atom is 0.438 e. The van der Waals surface area contributed by atoms with Crippen molar-refractivity contribution in [2.24, 2.45) is 17.8 Å².